The maximum Gasteiger partial charge on any atom is 0.325 e. The first-order valence-corrected chi connectivity index (χ1v) is 9.35. The molecule has 0 aliphatic carbocycles. The third-order valence-electron chi connectivity index (χ3n) is 4.66. The van der Waals surface area contributed by atoms with Gasteiger partial charge in [0.15, 0.2) is 5.54 Å². The normalized spacial score (nSPS) is 19.3. The van der Waals surface area contributed by atoms with E-state index in [1.54, 1.807) is 31.2 Å². The Hall–Kier alpha value is -2.70. The van der Waals surface area contributed by atoms with Gasteiger partial charge in [-0.25, -0.2) is 4.79 Å². The number of nitrogens with one attached hydrogen (secondary N) is 1. The molecule has 1 aliphatic rings. The molecule has 2 heterocycles. The number of benzene rings is 2. The van der Waals surface area contributed by atoms with Crippen molar-refractivity contribution in [2.24, 2.45) is 0 Å². The molecule has 1 N–H and O–H groups in total. The number of hydrogen-bond donors (Lipinski definition) is 1. The highest BCUT2D eigenvalue weighted by Gasteiger charge is 2.51. The van der Waals surface area contributed by atoms with Gasteiger partial charge < -0.3 is 14.5 Å². The van der Waals surface area contributed by atoms with Crippen LogP contribution in [0.25, 0.3) is 11.0 Å². The summed E-state index contributed by atoms with van der Waals surface area (Å²) in [6, 6.07) is 13.5. The van der Waals surface area contributed by atoms with Crippen molar-refractivity contribution < 1.29 is 18.7 Å². The largest absolute Gasteiger partial charge is 0.490 e. The number of amides is 3. The Morgan fingerprint density at radius 2 is 1.93 bits per heavy atom. The van der Waals surface area contributed by atoms with Crippen LogP contribution in [0.5, 0.6) is 5.75 Å². The predicted molar refractivity (Wildman–Crippen MR) is 106 cm³/mol. The molecule has 4 rings (SSSR count). The average Bonchev–Trinajstić information content (AvgIpc) is 3.19. The molecule has 3 aromatic rings. The molecular formula is C20H16Cl2N2O4. The third-order valence-corrected chi connectivity index (χ3v) is 5.19. The topological polar surface area (TPSA) is 71.8 Å². The van der Waals surface area contributed by atoms with Gasteiger partial charge >= 0.3 is 6.03 Å². The maximum absolute atomic E-state index is 13.0. The van der Waals surface area contributed by atoms with Crippen molar-refractivity contribution >= 4 is 46.1 Å². The number of fused-ring (bicyclic) bond motifs is 1. The van der Waals surface area contributed by atoms with E-state index >= 15 is 0 Å². The molecule has 0 radical (unpaired) electrons. The lowest BCUT2D eigenvalue weighted by molar-refractivity contribution is -0.131. The van der Waals surface area contributed by atoms with Gasteiger partial charge in [0.2, 0.25) is 0 Å². The first-order valence-electron chi connectivity index (χ1n) is 8.59. The van der Waals surface area contributed by atoms with Gasteiger partial charge in [0.05, 0.1) is 11.6 Å². The fourth-order valence-electron chi connectivity index (χ4n) is 3.13. The minimum atomic E-state index is -1.27. The Labute approximate surface area is 171 Å². The van der Waals surface area contributed by atoms with Crippen molar-refractivity contribution in [3.05, 3.63) is 64.3 Å². The molecule has 0 saturated carbocycles. The summed E-state index contributed by atoms with van der Waals surface area (Å²) < 4.78 is 11.4. The maximum atomic E-state index is 13.0. The molecular weight excluding hydrogens is 403 g/mol. The molecule has 0 spiro atoms. The predicted octanol–water partition coefficient (Wildman–Crippen LogP) is 4.59. The highest BCUT2D eigenvalue weighted by Crippen LogP contribution is 2.33. The van der Waals surface area contributed by atoms with Crippen molar-refractivity contribution in [2.75, 3.05) is 13.2 Å². The second kappa shape index (κ2) is 7.04. The molecule has 2 aromatic carbocycles. The van der Waals surface area contributed by atoms with Crippen LogP contribution >= 0.6 is 23.2 Å². The standard InChI is InChI=1S/C20H16Cl2N2O4/c1-20(17-10-12-4-2-3-5-15(12)28-17)18(25)24(19(26)23-20)8-9-27-16-7-6-13(21)11-14(16)22/h2-7,10-11H,8-9H2,1H3,(H,23,26). The molecule has 1 unspecified atom stereocenters. The van der Waals surface area contributed by atoms with Crippen LogP contribution in [0.4, 0.5) is 4.79 Å². The van der Waals surface area contributed by atoms with Crippen molar-refractivity contribution in [1.82, 2.24) is 10.2 Å². The molecule has 0 bridgehead atoms. The van der Waals surface area contributed by atoms with Crippen LogP contribution in [0.15, 0.2) is 52.9 Å². The van der Waals surface area contributed by atoms with Crippen molar-refractivity contribution in [2.45, 2.75) is 12.5 Å². The molecule has 28 heavy (non-hydrogen) atoms. The number of nitrogens with zero attached hydrogens (tertiary/aromatic N) is 1. The van der Waals surface area contributed by atoms with E-state index in [1.165, 1.54) is 0 Å². The number of hydrogen-bond acceptors (Lipinski definition) is 4. The van der Waals surface area contributed by atoms with Crippen LogP contribution < -0.4 is 10.1 Å². The molecule has 1 fully saturated rings. The Balaban J connectivity index is 1.48. The molecule has 1 aliphatic heterocycles. The summed E-state index contributed by atoms with van der Waals surface area (Å²) in [6.45, 7) is 1.79. The summed E-state index contributed by atoms with van der Waals surface area (Å²) in [7, 11) is 0. The van der Waals surface area contributed by atoms with Crippen LogP contribution in [0, 0.1) is 0 Å². The zero-order valence-corrected chi connectivity index (χ0v) is 16.4. The summed E-state index contributed by atoms with van der Waals surface area (Å²) in [6.07, 6.45) is 0. The van der Waals surface area contributed by atoms with E-state index < -0.39 is 17.5 Å². The van der Waals surface area contributed by atoms with E-state index in [-0.39, 0.29) is 13.2 Å². The lowest BCUT2D eigenvalue weighted by Gasteiger charge is -2.19. The van der Waals surface area contributed by atoms with Crippen LogP contribution in [-0.2, 0) is 10.3 Å². The number of para-hydroxylation sites is 1. The Bertz CT molecular complexity index is 1050. The zero-order chi connectivity index (χ0) is 19.9. The van der Waals surface area contributed by atoms with Gasteiger partial charge in [-0.2, -0.15) is 0 Å². The van der Waals surface area contributed by atoms with Crippen molar-refractivity contribution in [3.8, 4) is 5.75 Å². The van der Waals surface area contributed by atoms with E-state index in [0.717, 1.165) is 10.3 Å². The fourth-order valence-corrected chi connectivity index (χ4v) is 3.60. The lowest BCUT2D eigenvalue weighted by atomic mass is 9.99. The highest BCUT2D eigenvalue weighted by atomic mass is 35.5. The first-order chi connectivity index (χ1) is 13.4. The molecule has 3 amide bonds. The van der Waals surface area contributed by atoms with E-state index in [2.05, 4.69) is 5.32 Å². The third kappa shape index (κ3) is 3.19. The van der Waals surface area contributed by atoms with Crippen molar-refractivity contribution in [1.29, 1.82) is 0 Å². The van der Waals surface area contributed by atoms with E-state index in [4.69, 9.17) is 32.4 Å². The molecule has 1 aromatic heterocycles. The number of urea groups is 1. The van der Waals surface area contributed by atoms with Gasteiger partial charge in [-0.3, -0.25) is 9.69 Å². The number of ether oxygens (including phenoxy) is 1. The summed E-state index contributed by atoms with van der Waals surface area (Å²) in [4.78, 5) is 26.5. The molecule has 8 heteroatoms. The Morgan fingerprint density at radius 1 is 1.14 bits per heavy atom. The molecule has 6 nitrogen and oxygen atoms in total. The van der Waals surface area contributed by atoms with Crippen LogP contribution in [0.2, 0.25) is 10.0 Å². The number of carbonyl (C=O) groups excluding carboxylic acids is 2. The van der Waals surface area contributed by atoms with Gasteiger partial charge in [0.1, 0.15) is 23.7 Å². The minimum absolute atomic E-state index is 0.0689. The zero-order valence-electron chi connectivity index (χ0n) is 14.9. The number of halogens is 2. The summed E-state index contributed by atoms with van der Waals surface area (Å²) >= 11 is 11.9. The number of carbonyl (C=O) groups is 2. The molecule has 144 valence electrons. The summed E-state index contributed by atoms with van der Waals surface area (Å²) in [5.41, 5.74) is -0.617. The van der Waals surface area contributed by atoms with Crippen LogP contribution in [-0.4, -0.2) is 30.0 Å². The van der Waals surface area contributed by atoms with Crippen molar-refractivity contribution in [3.63, 3.8) is 0 Å². The number of furan rings is 1. The van der Waals surface area contributed by atoms with Crippen LogP contribution in [0.1, 0.15) is 12.7 Å². The summed E-state index contributed by atoms with van der Waals surface area (Å²) in [5, 5.41) is 4.43. The number of imide groups is 1. The van der Waals surface area contributed by atoms with Gasteiger partial charge in [-0.05, 0) is 37.3 Å². The Kier molecular flexibility index (Phi) is 4.69. The molecule has 1 saturated heterocycles. The molecule has 1 atom stereocenters. The van der Waals surface area contributed by atoms with Gasteiger partial charge in [-0.15, -0.1) is 0 Å². The van der Waals surface area contributed by atoms with E-state index in [1.807, 2.05) is 24.3 Å². The van der Waals surface area contributed by atoms with Crippen LogP contribution in [0.3, 0.4) is 0 Å². The highest BCUT2D eigenvalue weighted by molar-refractivity contribution is 6.35. The SMILES string of the molecule is CC1(c2cc3ccccc3o2)NC(=O)N(CCOc2ccc(Cl)cc2Cl)C1=O. The van der Waals surface area contributed by atoms with Gasteiger partial charge in [0.25, 0.3) is 5.91 Å². The smallest absolute Gasteiger partial charge is 0.325 e. The van der Waals surface area contributed by atoms with E-state index in [9.17, 15) is 9.59 Å². The van der Waals surface area contributed by atoms with Gasteiger partial charge in [0, 0.05) is 10.4 Å². The lowest BCUT2D eigenvalue weighted by Crippen LogP contribution is -2.41. The second-order valence-electron chi connectivity index (χ2n) is 6.58. The second-order valence-corrected chi connectivity index (χ2v) is 7.43. The van der Waals surface area contributed by atoms with E-state index in [0.29, 0.717) is 27.1 Å². The monoisotopic (exact) mass is 418 g/mol. The Morgan fingerprint density at radius 3 is 2.68 bits per heavy atom. The minimum Gasteiger partial charge on any atom is -0.490 e. The average molecular weight is 419 g/mol. The van der Waals surface area contributed by atoms with Gasteiger partial charge in [-0.1, -0.05) is 41.4 Å². The summed E-state index contributed by atoms with van der Waals surface area (Å²) in [5.74, 6) is 0.414. The first kappa shape index (κ1) is 18.7. The fraction of sp³-hybridized carbons (Fsp3) is 0.200. The quantitative estimate of drug-likeness (QED) is 0.615. The number of rotatable bonds is 5.